The molecule has 1 amide bonds. The molecule has 23 heavy (non-hydrogen) atoms. The summed E-state index contributed by atoms with van der Waals surface area (Å²) in [5.41, 5.74) is 1.35. The molecule has 4 heteroatoms. The average Bonchev–Trinajstić information content (AvgIpc) is 2.60. The Labute approximate surface area is 133 Å². The highest BCUT2D eigenvalue weighted by atomic mass is 16.3. The topological polar surface area (TPSA) is 59.3 Å². The van der Waals surface area contributed by atoms with E-state index in [0.717, 1.165) is 5.56 Å². The van der Waals surface area contributed by atoms with Crippen molar-refractivity contribution in [3.8, 4) is 0 Å². The first-order valence-corrected chi connectivity index (χ1v) is 7.51. The molecule has 0 spiro atoms. The summed E-state index contributed by atoms with van der Waals surface area (Å²) in [6.45, 7) is 2.51. The summed E-state index contributed by atoms with van der Waals surface area (Å²) in [4.78, 5) is 24.3. The van der Waals surface area contributed by atoms with Gasteiger partial charge in [0.2, 0.25) is 0 Å². The van der Waals surface area contributed by atoms with Gasteiger partial charge in [0.25, 0.3) is 5.91 Å². The normalized spacial score (nSPS) is 12.0. The standard InChI is InChI=1S/C19H17NO3/c1-13(14-7-3-2-4-8-14)12-20-19(22)18-11-16(21)15-9-5-6-10-17(15)23-18/h2-11,13H,12H2,1H3,(H,20,22). The number of hydrogen-bond acceptors (Lipinski definition) is 3. The maximum Gasteiger partial charge on any atom is 0.287 e. The fraction of sp³-hybridized carbons (Fsp3) is 0.158. The van der Waals surface area contributed by atoms with Crippen LogP contribution in [0.4, 0.5) is 0 Å². The number of rotatable bonds is 4. The van der Waals surface area contributed by atoms with Crippen LogP contribution in [0.15, 0.2) is 69.9 Å². The lowest BCUT2D eigenvalue weighted by molar-refractivity contribution is 0.0924. The second-order valence-electron chi connectivity index (χ2n) is 5.49. The number of para-hydroxylation sites is 1. The fourth-order valence-electron chi connectivity index (χ4n) is 2.45. The molecule has 0 fully saturated rings. The third-order valence-electron chi connectivity index (χ3n) is 3.80. The second kappa shape index (κ2) is 6.48. The van der Waals surface area contributed by atoms with E-state index in [1.165, 1.54) is 6.07 Å². The van der Waals surface area contributed by atoms with E-state index in [1.807, 2.05) is 37.3 Å². The third-order valence-corrected chi connectivity index (χ3v) is 3.80. The highest BCUT2D eigenvalue weighted by molar-refractivity contribution is 5.93. The summed E-state index contributed by atoms with van der Waals surface area (Å²) in [5.74, 6) is -0.170. The van der Waals surface area contributed by atoms with E-state index in [9.17, 15) is 9.59 Å². The van der Waals surface area contributed by atoms with Gasteiger partial charge in [0.05, 0.1) is 5.39 Å². The molecular weight excluding hydrogens is 290 g/mol. The third kappa shape index (κ3) is 3.31. The van der Waals surface area contributed by atoms with Gasteiger partial charge in [0, 0.05) is 12.6 Å². The molecule has 0 aliphatic carbocycles. The molecule has 1 aromatic heterocycles. The molecule has 1 unspecified atom stereocenters. The molecule has 0 aliphatic rings. The minimum atomic E-state index is -0.379. The van der Waals surface area contributed by atoms with Gasteiger partial charge in [-0.15, -0.1) is 0 Å². The van der Waals surface area contributed by atoms with Crippen LogP contribution in [-0.2, 0) is 0 Å². The van der Waals surface area contributed by atoms with Crippen molar-refractivity contribution in [1.29, 1.82) is 0 Å². The van der Waals surface area contributed by atoms with Crippen molar-refractivity contribution in [3.05, 3.63) is 82.2 Å². The SMILES string of the molecule is CC(CNC(=O)c1cc(=O)c2ccccc2o1)c1ccccc1. The minimum absolute atomic E-state index is 0.0361. The molecule has 3 aromatic rings. The van der Waals surface area contributed by atoms with Gasteiger partial charge in [-0.2, -0.15) is 0 Å². The number of carbonyl (C=O) groups is 1. The van der Waals surface area contributed by atoms with Crippen molar-refractivity contribution in [2.75, 3.05) is 6.54 Å². The number of fused-ring (bicyclic) bond motifs is 1. The van der Waals surface area contributed by atoms with Crippen LogP contribution in [0.2, 0.25) is 0 Å². The number of carbonyl (C=O) groups excluding carboxylic acids is 1. The molecular formula is C19H17NO3. The summed E-state index contributed by atoms with van der Waals surface area (Å²) in [7, 11) is 0. The molecule has 2 aromatic carbocycles. The summed E-state index contributed by atoms with van der Waals surface area (Å²) < 4.78 is 5.53. The first kappa shape index (κ1) is 15.0. The van der Waals surface area contributed by atoms with E-state index in [4.69, 9.17) is 4.42 Å². The van der Waals surface area contributed by atoms with E-state index in [0.29, 0.717) is 17.5 Å². The Hall–Kier alpha value is -2.88. The quantitative estimate of drug-likeness (QED) is 0.804. The fourth-order valence-corrected chi connectivity index (χ4v) is 2.45. The summed E-state index contributed by atoms with van der Waals surface area (Å²) in [6, 6.07) is 18.1. The zero-order chi connectivity index (χ0) is 16.2. The Balaban J connectivity index is 1.75. The van der Waals surface area contributed by atoms with Crippen LogP contribution < -0.4 is 10.7 Å². The second-order valence-corrected chi connectivity index (χ2v) is 5.49. The van der Waals surface area contributed by atoms with Crippen molar-refractivity contribution in [3.63, 3.8) is 0 Å². The average molecular weight is 307 g/mol. The van der Waals surface area contributed by atoms with Gasteiger partial charge in [-0.05, 0) is 23.6 Å². The first-order valence-electron chi connectivity index (χ1n) is 7.51. The molecule has 0 aliphatic heterocycles. The van der Waals surface area contributed by atoms with Crippen molar-refractivity contribution in [2.24, 2.45) is 0 Å². The molecule has 0 saturated carbocycles. The molecule has 1 atom stereocenters. The van der Waals surface area contributed by atoms with Crippen LogP contribution in [0, 0.1) is 0 Å². The number of benzene rings is 2. The lowest BCUT2D eigenvalue weighted by Gasteiger charge is -2.12. The first-order chi connectivity index (χ1) is 11.1. The van der Waals surface area contributed by atoms with Gasteiger partial charge in [-0.25, -0.2) is 0 Å². The summed E-state index contributed by atoms with van der Waals surface area (Å²) in [5, 5.41) is 3.29. The van der Waals surface area contributed by atoms with Crippen molar-refractivity contribution in [1.82, 2.24) is 5.32 Å². The maximum atomic E-state index is 12.2. The Bertz CT molecular complexity index is 884. The van der Waals surface area contributed by atoms with E-state index < -0.39 is 0 Å². The van der Waals surface area contributed by atoms with Gasteiger partial charge in [-0.1, -0.05) is 49.4 Å². The molecule has 1 N–H and O–H groups in total. The summed E-state index contributed by atoms with van der Waals surface area (Å²) in [6.07, 6.45) is 0. The Morgan fingerprint density at radius 3 is 2.57 bits per heavy atom. The number of nitrogens with one attached hydrogen (secondary N) is 1. The van der Waals surface area contributed by atoms with Crippen LogP contribution in [0.3, 0.4) is 0 Å². The highest BCUT2D eigenvalue weighted by Gasteiger charge is 2.13. The minimum Gasteiger partial charge on any atom is -0.451 e. The lowest BCUT2D eigenvalue weighted by atomic mass is 10.0. The Morgan fingerprint density at radius 1 is 1.09 bits per heavy atom. The molecule has 4 nitrogen and oxygen atoms in total. The lowest BCUT2D eigenvalue weighted by Crippen LogP contribution is -2.28. The van der Waals surface area contributed by atoms with Crippen LogP contribution in [0.5, 0.6) is 0 Å². The zero-order valence-corrected chi connectivity index (χ0v) is 12.8. The van der Waals surface area contributed by atoms with E-state index >= 15 is 0 Å². The molecule has 0 saturated heterocycles. The van der Waals surface area contributed by atoms with Gasteiger partial charge in [-0.3, -0.25) is 9.59 Å². The monoisotopic (exact) mass is 307 g/mol. The van der Waals surface area contributed by atoms with Crippen LogP contribution in [0.1, 0.15) is 29.0 Å². The number of amides is 1. The Morgan fingerprint density at radius 2 is 1.78 bits per heavy atom. The van der Waals surface area contributed by atoms with Crippen molar-refractivity contribution >= 4 is 16.9 Å². The smallest absolute Gasteiger partial charge is 0.287 e. The predicted octanol–water partition coefficient (Wildman–Crippen LogP) is 3.33. The van der Waals surface area contributed by atoms with Crippen molar-refractivity contribution < 1.29 is 9.21 Å². The molecule has 0 bridgehead atoms. The van der Waals surface area contributed by atoms with Gasteiger partial charge >= 0.3 is 0 Å². The summed E-state index contributed by atoms with van der Waals surface area (Å²) >= 11 is 0. The highest BCUT2D eigenvalue weighted by Crippen LogP contribution is 2.14. The van der Waals surface area contributed by atoms with E-state index in [-0.39, 0.29) is 23.0 Å². The van der Waals surface area contributed by atoms with Crippen molar-refractivity contribution in [2.45, 2.75) is 12.8 Å². The van der Waals surface area contributed by atoms with Gasteiger partial charge in [0.15, 0.2) is 11.2 Å². The molecule has 3 rings (SSSR count). The van der Waals surface area contributed by atoms with E-state index in [1.54, 1.807) is 24.3 Å². The van der Waals surface area contributed by atoms with Crippen LogP contribution in [0.25, 0.3) is 11.0 Å². The zero-order valence-electron chi connectivity index (χ0n) is 12.8. The van der Waals surface area contributed by atoms with Crippen LogP contribution in [-0.4, -0.2) is 12.5 Å². The molecule has 0 radical (unpaired) electrons. The van der Waals surface area contributed by atoms with E-state index in [2.05, 4.69) is 5.32 Å². The van der Waals surface area contributed by atoms with Gasteiger partial charge < -0.3 is 9.73 Å². The maximum absolute atomic E-state index is 12.2. The molecule has 116 valence electrons. The largest absolute Gasteiger partial charge is 0.451 e. The van der Waals surface area contributed by atoms with Crippen LogP contribution >= 0.6 is 0 Å². The number of hydrogen-bond donors (Lipinski definition) is 1. The van der Waals surface area contributed by atoms with Gasteiger partial charge in [0.1, 0.15) is 5.58 Å². The molecule has 1 heterocycles. The predicted molar refractivity (Wildman–Crippen MR) is 89.7 cm³/mol. The Kier molecular flexibility index (Phi) is 4.24.